The Kier molecular flexibility index (Phi) is 9.76. The van der Waals surface area contributed by atoms with Crippen LogP contribution in [-0.4, -0.2) is 35.8 Å². The van der Waals surface area contributed by atoms with Crippen LogP contribution in [-0.2, 0) is 9.59 Å². The van der Waals surface area contributed by atoms with Gasteiger partial charge < -0.3 is 16.0 Å². The lowest BCUT2D eigenvalue weighted by molar-refractivity contribution is -0.130. The second kappa shape index (κ2) is 11.3. The average Bonchev–Trinajstić information content (AvgIpc) is 2.60. The van der Waals surface area contributed by atoms with E-state index in [1.807, 2.05) is 27.7 Å². The number of carbonyl (C=O) groups excluding carboxylic acids is 3. The Hall–Kier alpha value is -1.79. The summed E-state index contributed by atoms with van der Waals surface area (Å²) < 4.78 is 0. The first kappa shape index (κ1) is 24.2. The molecule has 0 spiro atoms. The molecule has 0 saturated heterocycles. The van der Waals surface area contributed by atoms with Crippen LogP contribution in [0.2, 0.25) is 10.0 Å². The highest BCUT2D eigenvalue weighted by Crippen LogP contribution is 2.21. The van der Waals surface area contributed by atoms with Crippen LogP contribution in [0.15, 0.2) is 18.2 Å². The number of carbonyl (C=O) groups is 3. The molecule has 0 saturated carbocycles. The van der Waals surface area contributed by atoms with E-state index in [0.717, 1.165) is 6.42 Å². The zero-order valence-corrected chi connectivity index (χ0v) is 18.4. The summed E-state index contributed by atoms with van der Waals surface area (Å²) in [5.41, 5.74) is 0.232. The van der Waals surface area contributed by atoms with Crippen molar-refractivity contribution < 1.29 is 14.4 Å². The molecule has 0 aromatic heterocycles. The minimum absolute atomic E-state index is 0.0186. The topological polar surface area (TPSA) is 87.3 Å². The second-order valence-corrected chi connectivity index (χ2v) is 8.17. The second-order valence-electron chi connectivity index (χ2n) is 7.33. The monoisotopic (exact) mass is 429 g/mol. The Morgan fingerprint density at radius 2 is 1.61 bits per heavy atom. The van der Waals surface area contributed by atoms with E-state index in [1.54, 1.807) is 13.0 Å². The fraction of sp³-hybridized carbons (Fsp3) is 0.550. The Balaban J connectivity index is 2.84. The van der Waals surface area contributed by atoms with Crippen LogP contribution in [0, 0.1) is 5.92 Å². The molecule has 1 rings (SSSR count). The van der Waals surface area contributed by atoms with Crippen molar-refractivity contribution in [3.05, 3.63) is 33.8 Å². The molecule has 8 heteroatoms. The largest absolute Gasteiger partial charge is 0.352 e. The minimum atomic E-state index is -0.793. The number of hydrogen-bond donors (Lipinski definition) is 3. The minimum Gasteiger partial charge on any atom is -0.352 e. The zero-order valence-electron chi connectivity index (χ0n) is 16.9. The van der Waals surface area contributed by atoms with Gasteiger partial charge in [-0.25, -0.2) is 0 Å². The molecule has 0 bridgehead atoms. The van der Waals surface area contributed by atoms with E-state index in [9.17, 15) is 14.4 Å². The predicted octanol–water partition coefficient (Wildman–Crippen LogP) is 3.56. The van der Waals surface area contributed by atoms with Crippen molar-refractivity contribution in [3.8, 4) is 0 Å². The van der Waals surface area contributed by atoms with Crippen molar-refractivity contribution in [2.45, 2.75) is 65.6 Å². The lowest BCUT2D eigenvalue weighted by Crippen LogP contribution is -2.53. The van der Waals surface area contributed by atoms with Gasteiger partial charge in [0.15, 0.2) is 0 Å². The van der Waals surface area contributed by atoms with E-state index in [0.29, 0.717) is 11.4 Å². The molecule has 6 nitrogen and oxygen atoms in total. The van der Waals surface area contributed by atoms with Crippen molar-refractivity contribution >= 4 is 40.9 Å². The van der Waals surface area contributed by atoms with Gasteiger partial charge in [-0.05, 0) is 50.8 Å². The number of rotatable bonds is 9. The van der Waals surface area contributed by atoms with Gasteiger partial charge in [0.25, 0.3) is 5.91 Å². The summed E-state index contributed by atoms with van der Waals surface area (Å²) in [7, 11) is 0. The van der Waals surface area contributed by atoms with Gasteiger partial charge in [0.2, 0.25) is 11.8 Å². The standard InChI is InChI=1S/C20H29Cl2N3O3/c1-6-12(4)23-18(26)13(5)24-20(28)17(9-11(2)3)25-19(27)15-8-7-14(21)10-16(15)22/h7-8,10-13,17H,6,9H2,1-5H3,(H,23,26)(H,24,28)(H,25,27). The molecule has 0 fully saturated rings. The van der Waals surface area contributed by atoms with Crippen LogP contribution in [0.3, 0.4) is 0 Å². The van der Waals surface area contributed by atoms with Crippen molar-refractivity contribution in [1.82, 2.24) is 16.0 Å². The van der Waals surface area contributed by atoms with Gasteiger partial charge in [-0.15, -0.1) is 0 Å². The number of halogens is 2. The summed E-state index contributed by atoms with van der Waals surface area (Å²) in [4.78, 5) is 37.4. The third-order valence-corrected chi connectivity index (χ3v) is 4.81. The summed E-state index contributed by atoms with van der Waals surface area (Å²) in [5.74, 6) is -1.00. The molecule has 28 heavy (non-hydrogen) atoms. The van der Waals surface area contributed by atoms with Crippen LogP contribution < -0.4 is 16.0 Å². The first-order chi connectivity index (χ1) is 13.0. The summed E-state index contributed by atoms with van der Waals surface area (Å²) in [6.07, 6.45) is 1.21. The van der Waals surface area contributed by atoms with E-state index in [2.05, 4.69) is 16.0 Å². The van der Waals surface area contributed by atoms with Gasteiger partial charge in [0.05, 0.1) is 10.6 Å². The molecule has 0 aliphatic rings. The van der Waals surface area contributed by atoms with Crippen LogP contribution in [0.1, 0.15) is 57.8 Å². The lowest BCUT2D eigenvalue weighted by Gasteiger charge is -2.23. The van der Waals surface area contributed by atoms with Gasteiger partial charge in [0, 0.05) is 11.1 Å². The Labute approximate surface area is 176 Å². The van der Waals surface area contributed by atoms with Crippen molar-refractivity contribution in [1.29, 1.82) is 0 Å². The maximum Gasteiger partial charge on any atom is 0.253 e. The smallest absolute Gasteiger partial charge is 0.253 e. The first-order valence-electron chi connectivity index (χ1n) is 9.41. The molecule has 0 heterocycles. The summed E-state index contributed by atoms with van der Waals surface area (Å²) in [6.45, 7) is 9.36. The Morgan fingerprint density at radius 1 is 0.964 bits per heavy atom. The highest BCUT2D eigenvalue weighted by molar-refractivity contribution is 6.36. The predicted molar refractivity (Wildman–Crippen MR) is 113 cm³/mol. The van der Waals surface area contributed by atoms with Gasteiger partial charge in [-0.3, -0.25) is 14.4 Å². The summed E-state index contributed by atoms with van der Waals surface area (Å²) >= 11 is 11.9. The molecule has 3 amide bonds. The highest BCUT2D eigenvalue weighted by atomic mass is 35.5. The Morgan fingerprint density at radius 3 is 2.14 bits per heavy atom. The maximum atomic E-state index is 12.7. The average molecular weight is 430 g/mol. The van der Waals surface area contributed by atoms with Gasteiger partial charge in [-0.1, -0.05) is 44.0 Å². The third-order valence-electron chi connectivity index (χ3n) is 4.26. The number of amides is 3. The van der Waals surface area contributed by atoms with Gasteiger partial charge in [-0.2, -0.15) is 0 Å². The van der Waals surface area contributed by atoms with Crippen molar-refractivity contribution in [3.63, 3.8) is 0 Å². The van der Waals surface area contributed by atoms with Gasteiger partial charge in [0.1, 0.15) is 12.1 Å². The molecule has 3 atom stereocenters. The van der Waals surface area contributed by atoms with Crippen LogP contribution in [0.5, 0.6) is 0 Å². The van der Waals surface area contributed by atoms with Crippen LogP contribution in [0.25, 0.3) is 0 Å². The first-order valence-corrected chi connectivity index (χ1v) is 10.2. The van der Waals surface area contributed by atoms with Gasteiger partial charge >= 0.3 is 0 Å². The van der Waals surface area contributed by atoms with E-state index in [-0.39, 0.29) is 28.5 Å². The fourth-order valence-corrected chi connectivity index (χ4v) is 2.96. The van der Waals surface area contributed by atoms with E-state index in [1.165, 1.54) is 12.1 Å². The quantitative estimate of drug-likeness (QED) is 0.560. The molecule has 156 valence electrons. The maximum absolute atomic E-state index is 12.7. The number of hydrogen-bond acceptors (Lipinski definition) is 3. The molecular weight excluding hydrogens is 401 g/mol. The van der Waals surface area contributed by atoms with E-state index >= 15 is 0 Å². The molecular formula is C20H29Cl2N3O3. The SMILES string of the molecule is CCC(C)NC(=O)C(C)NC(=O)C(CC(C)C)NC(=O)c1ccc(Cl)cc1Cl. The lowest BCUT2D eigenvalue weighted by atomic mass is 10.0. The summed E-state index contributed by atoms with van der Waals surface area (Å²) in [5, 5.41) is 8.83. The van der Waals surface area contributed by atoms with Crippen LogP contribution >= 0.6 is 23.2 Å². The molecule has 0 aliphatic carbocycles. The van der Waals surface area contributed by atoms with Crippen molar-refractivity contribution in [2.24, 2.45) is 5.92 Å². The summed E-state index contributed by atoms with van der Waals surface area (Å²) in [6, 6.07) is 3.04. The Bertz CT molecular complexity index is 710. The number of benzene rings is 1. The third kappa shape index (κ3) is 7.68. The zero-order chi connectivity index (χ0) is 21.4. The highest BCUT2D eigenvalue weighted by Gasteiger charge is 2.26. The van der Waals surface area contributed by atoms with Crippen LogP contribution in [0.4, 0.5) is 0 Å². The van der Waals surface area contributed by atoms with E-state index < -0.39 is 23.9 Å². The van der Waals surface area contributed by atoms with Crippen molar-refractivity contribution in [2.75, 3.05) is 0 Å². The molecule has 0 radical (unpaired) electrons. The molecule has 3 unspecified atom stereocenters. The normalized spacial score (nSPS) is 14.1. The van der Waals surface area contributed by atoms with E-state index in [4.69, 9.17) is 23.2 Å². The fourth-order valence-electron chi connectivity index (χ4n) is 2.46. The molecule has 1 aromatic rings. The molecule has 3 N–H and O–H groups in total. The molecule has 1 aromatic carbocycles. The molecule has 0 aliphatic heterocycles. The number of nitrogens with one attached hydrogen (secondary N) is 3.